The Morgan fingerprint density at radius 1 is 1.28 bits per heavy atom. The Bertz CT molecular complexity index is 301. The lowest BCUT2D eigenvalue weighted by Gasteiger charge is -2.28. The third-order valence-corrected chi connectivity index (χ3v) is 4.12. The maximum Gasteiger partial charge on any atom is 0.236 e. The molecule has 0 radical (unpaired) electrons. The van der Waals surface area contributed by atoms with E-state index >= 15 is 0 Å². The number of hydrogen-bond acceptors (Lipinski definition) is 3. The second-order valence-corrected chi connectivity index (χ2v) is 5.77. The summed E-state index contributed by atoms with van der Waals surface area (Å²) in [5, 5.41) is 0. The van der Waals surface area contributed by atoms with E-state index in [-0.39, 0.29) is 5.91 Å². The van der Waals surface area contributed by atoms with Gasteiger partial charge in [-0.15, -0.1) is 0 Å². The minimum atomic E-state index is 0.183. The molecule has 2 fully saturated rings. The minimum absolute atomic E-state index is 0.183. The van der Waals surface area contributed by atoms with Crippen LogP contribution >= 0.6 is 0 Å². The Kier molecular flexibility index (Phi) is 4.75. The number of amides is 1. The zero-order valence-electron chi connectivity index (χ0n) is 11.4. The molecule has 2 rings (SSSR count). The van der Waals surface area contributed by atoms with Crippen LogP contribution in [0.3, 0.4) is 0 Å². The maximum atomic E-state index is 12.1. The first-order valence-corrected chi connectivity index (χ1v) is 7.13. The van der Waals surface area contributed by atoms with E-state index in [9.17, 15) is 9.59 Å². The van der Waals surface area contributed by atoms with Crippen molar-refractivity contribution >= 4 is 11.7 Å². The molecule has 0 spiro atoms. The lowest BCUT2D eigenvalue weighted by atomic mass is 10.1. The van der Waals surface area contributed by atoms with Gasteiger partial charge in [0.05, 0.1) is 6.54 Å². The number of rotatable bonds is 4. The van der Waals surface area contributed by atoms with Crippen LogP contribution in [0.25, 0.3) is 0 Å². The van der Waals surface area contributed by atoms with Gasteiger partial charge in [0, 0.05) is 32.5 Å². The fraction of sp³-hybridized carbons (Fsp3) is 0.857. The van der Waals surface area contributed by atoms with E-state index in [0.717, 1.165) is 12.5 Å². The highest BCUT2D eigenvalue weighted by molar-refractivity contribution is 5.84. The Hall–Kier alpha value is -0.900. The molecule has 0 aromatic heterocycles. The molecule has 102 valence electrons. The van der Waals surface area contributed by atoms with Crippen LogP contribution in [0.1, 0.15) is 38.5 Å². The van der Waals surface area contributed by atoms with Crippen molar-refractivity contribution < 1.29 is 9.59 Å². The molecule has 0 N–H and O–H groups in total. The molecule has 1 aliphatic heterocycles. The molecular weight excluding hydrogens is 228 g/mol. The van der Waals surface area contributed by atoms with Gasteiger partial charge in [-0.05, 0) is 25.8 Å². The van der Waals surface area contributed by atoms with Gasteiger partial charge in [0.15, 0.2) is 0 Å². The van der Waals surface area contributed by atoms with Crippen molar-refractivity contribution in [1.29, 1.82) is 0 Å². The van der Waals surface area contributed by atoms with Crippen molar-refractivity contribution in [2.75, 3.05) is 33.2 Å². The number of nitrogens with zero attached hydrogens (tertiary/aromatic N) is 2. The van der Waals surface area contributed by atoms with Crippen LogP contribution in [0.2, 0.25) is 0 Å². The van der Waals surface area contributed by atoms with E-state index in [4.69, 9.17) is 0 Å². The predicted molar refractivity (Wildman–Crippen MR) is 70.3 cm³/mol. The van der Waals surface area contributed by atoms with Gasteiger partial charge in [0.25, 0.3) is 0 Å². The van der Waals surface area contributed by atoms with Crippen molar-refractivity contribution in [3.8, 4) is 0 Å². The van der Waals surface area contributed by atoms with Gasteiger partial charge in [-0.25, -0.2) is 0 Å². The van der Waals surface area contributed by atoms with E-state index in [1.165, 1.54) is 25.7 Å². The molecular formula is C14H24N2O2. The highest BCUT2D eigenvalue weighted by atomic mass is 16.2. The van der Waals surface area contributed by atoms with E-state index in [2.05, 4.69) is 4.90 Å². The molecule has 1 saturated heterocycles. The first-order valence-electron chi connectivity index (χ1n) is 7.13. The molecule has 4 nitrogen and oxygen atoms in total. The van der Waals surface area contributed by atoms with Crippen LogP contribution in [0.4, 0.5) is 0 Å². The number of carbonyl (C=O) groups is 2. The van der Waals surface area contributed by atoms with Crippen LogP contribution in [-0.4, -0.2) is 54.7 Å². The molecule has 0 unspecified atom stereocenters. The molecule has 2 aliphatic rings. The smallest absolute Gasteiger partial charge is 0.236 e. The van der Waals surface area contributed by atoms with Gasteiger partial charge in [-0.1, -0.05) is 12.8 Å². The fourth-order valence-corrected chi connectivity index (χ4v) is 3.03. The van der Waals surface area contributed by atoms with Crippen LogP contribution in [0, 0.1) is 5.92 Å². The molecule has 1 amide bonds. The van der Waals surface area contributed by atoms with Crippen molar-refractivity contribution in [2.24, 2.45) is 5.92 Å². The summed E-state index contributed by atoms with van der Waals surface area (Å²) in [6, 6.07) is 0. The SMILES string of the molecule is CN(CC(=O)N1CCC(=O)CC1)CC1CCCC1. The number of likely N-dealkylation sites (N-methyl/N-ethyl adjacent to an activating group) is 1. The Balaban J connectivity index is 1.70. The highest BCUT2D eigenvalue weighted by Gasteiger charge is 2.23. The lowest BCUT2D eigenvalue weighted by Crippen LogP contribution is -2.44. The van der Waals surface area contributed by atoms with Gasteiger partial charge in [-0.2, -0.15) is 0 Å². The molecule has 18 heavy (non-hydrogen) atoms. The third-order valence-electron chi connectivity index (χ3n) is 4.12. The fourth-order valence-electron chi connectivity index (χ4n) is 3.03. The monoisotopic (exact) mass is 252 g/mol. The molecule has 0 aromatic carbocycles. The Morgan fingerprint density at radius 3 is 2.50 bits per heavy atom. The summed E-state index contributed by atoms with van der Waals surface area (Å²) >= 11 is 0. The van der Waals surface area contributed by atoms with Crippen molar-refractivity contribution in [3.05, 3.63) is 0 Å². The number of piperidine rings is 1. The quantitative estimate of drug-likeness (QED) is 0.757. The highest BCUT2D eigenvalue weighted by Crippen LogP contribution is 2.25. The molecule has 4 heteroatoms. The number of ketones is 1. The van der Waals surface area contributed by atoms with Gasteiger partial charge in [0.2, 0.25) is 5.91 Å². The van der Waals surface area contributed by atoms with Crippen LogP contribution < -0.4 is 0 Å². The maximum absolute atomic E-state index is 12.1. The second kappa shape index (κ2) is 6.32. The largest absolute Gasteiger partial charge is 0.341 e. The van der Waals surface area contributed by atoms with Crippen LogP contribution in [0.5, 0.6) is 0 Å². The van der Waals surface area contributed by atoms with E-state index in [1.54, 1.807) is 0 Å². The standard InChI is InChI=1S/C14H24N2O2/c1-15(10-12-4-2-3-5-12)11-14(18)16-8-6-13(17)7-9-16/h12H,2-11H2,1H3. The summed E-state index contributed by atoms with van der Waals surface area (Å²) in [6.45, 7) is 2.78. The van der Waals surface area contributed by atoms with E-state index < -0.39 is 0 Å². The first-order chi connectivity index (χ1) is 8.65. The van der Waals surface area contributed by atoms with Crippen molar-refractivity contribution in [2.45, 2.75) is 38.5 Å². The number of likely N-dealkylation sites (tertiary alicyclic amines) is 1. The van der Waals surface area contributed by atoms with Crippen molar-refractivity contribution in [1.82, 2.24) is 9.80 Å². The van der Waals surface area contributed by atoms with E-state index in [1.807, 2.05) is 11.9 Å². The number of Topliss-reactive ketones (excluding diaryl/α,β-unsaturated/α-hetero) is 1. The summed E-state index contributed by atoms with van der Waals surface area (Å²) in [7, 11) is 2.03. The van der Waals surface area contributed by atoms with Gasteiger partial charge in [0.1, 0.15) is 5.78 Å². The summed E-state index contributed by atoms with van der Waals surface area (Å²) in [6.07, 6.45) is 6.41. The third kappa shape index (κ3) is 3.80. The molecule has 0 aromatic rings. The van der Waals surface area contributed by atoms with Crippen LogP contribution in [0.15, 0.2) is 0 Å². The predicted octanol–water partition coefficient (Wildman–Crippen LogP) is 1.30. The molecule has 1 heterocycles. The Morgan fingerprint density at radius 2 is 1.89 bits per heavy atom. The Labute approximate surface area is 109 Å². The number of carbonyl (C=O) groups excluding carboxylic acids is 2. The van der Waals surface area contributed by atoms with Crippen LogP contribution in [-0.2, 0) is 9.59 Å². The van der Waals surface area contributed by atoms with Gasteiger partial charge < -0.3 is 4.90 Å². The summed E-state index contributed by atoms with van der Waals surface area (Å²) < 4.78 is 0. The summed E-state index contributed by atoms with van der Waals surface area (Å²) in [5.74, 6) is 1.26. The first kappa shape index (κ1) is 13.5. The molecule has 0 bridgehead atoms. The lowest BCUT2D eigenvalue weighted by molar-refractivity contribution is -0.135. The zero-order chi connectivity index (χ0) is 13.0. The second-order valence-electron chi connectivity index (χ2n) is 5.77. The van der Waals surface area contributed by atoms with E-state index in [0.29, 0.717) is 38.3 Å². The summed E-state index contributed by atoms with van der Waals surface area (Å²) in [4.78, 5) is 27.2. The normalized spacial score (nSPS) is 21.9. The molecule has 0 atom stereocenters. The topological polar surface area (TPSA) is 40.6 Å². The molecule has 1 saturated carbocycles. The summed E-state index contributed by atoms with van der Waals surface area (Å²) in [5.41, 5.74) is 0. The van der Waals surface area contributed by atoms with Crippen molar-refractivity contribution in [3.63, 3.8) is 0 Å². The number of hydrogen-bond donors (Lipinski definition) is 0. The molecule has 1 aliphatic carbocycles. The zero-order valence-corrected chi connectivity index (χ0v) is 11.4. The average molecular weight is 252 g/mol. The minimum Gasteiger partial charge on any atom is -0.341 e. The van der Waals surface area contributed by atoms with Gasteiger partial charge >= 0.3 is 0 Å². The van der Waals surface area contributed by atoms with Gasteiger partial charge in [-0.3, -0.25) is 14.5 Å². The average Bonchev–Trinajstić information content (AvgIpc) is 2.82.